The molecular weight excluding hydrogens is 330 g/mol. The first-order valence-corrected chi connectivity index (χ1v) is 8.64. The highest BCUT2D eigenvalue weighted by molar-refractivity contribution is 7.98. The molecule has 0 atom stereocenters. The Labute approximate surface area is 142 Å². The van der Waals surface area contributed by atoms with Crippen LogP contribution in [-0.4, -0.2) is 19.7 Å². The second-order valence-corrected chi connectivity index (χ2v) is 6.59. The van der Waals surface area contributed by atoms with E-state index in [1.165, 1.54) is 11.8 Å². The predicted molar refractivity (Wildman–Crippen MR) is 87.0 cm³/mol. The van der Waals surface area contributed by atoms with Crippen molar-refractivity contribution in [1.82, 2.24) is 19.7 Å². The van der Waals surface area contributed by atoms with Crippen LogP contribution in [0.5, 0.6) is 0 Å². The van der Waals surface area contributed by atoms with Gasteiger partial charge in [0.05, 0.1) is 18.1 Å². The lowest BCUT2D eigenvalue weighted by molar-refractivity contribution is 0.556. The van der Waals surface area contributed by atoms with E-state index in [-0.39, 0.29) is 11.3 Å². The molecule has 7 heteroatoms. The van der Waals surface area contributed by atoms with Gasteiger partial charge in [-0.25, -0.2) is 18.4 Å². The minimum atomic E-state index is -0.646. The molecule has 0 radical (unpaired) electrons. The molecule has 0 unspecified atom stereocenters. The van der Waals surface area contributed by atoms with Crippen molar-refractivity contribution in [1.29, 1.82) is 0 Å². The van der Waals surface area contributed by atoms with Gasteiger partial charge in [-0.15, -0.1) is 5.10 Å². The lowest BCUT2D eigenvalue weighted by Gasteiger charge is -2.03. The molecule has 4 nitrogen and oxygen atoms in total. The van der Waals surface area contributed by atoms with Gasteiger partial charge in [0.25, 0.3) is 0 Å². The quantitative estimate of drug-likeness (QED) is 0.653. The molecule has 0 bridgehead atoms. The number of nitrogens with zero attached hydrogens (tertiary/aromatic N) is 4. The Kier molecular flexibility index (Phi) is 4.02. The maximum atomic E-state index is 13.7. The minimum Gasteiger partial charge on any atom is -0.259 e. The van der Waals surface area contributed by atoms with Gasteiger partial charge in [0.1, 0.15) is 17.5 Å². The molecule has 1 saturated carbocycles. The van der Waals surface area contributed by atoms with Crippen molar-refractivity contribution < 1.29 is 8.78 Å². The van der Waals surface area contributed by atoms with Crippen LogP contribution < -0.4 is 0 Å². The highest BCUT2D eigenvalue weighted by atomic mass is 32.2. The zero-order chi connectivity index (χ0) is 16.5. The van der Waals surface area contributed by atoms with Gasteiger partial charge >= 0.3 is 0 Å². The van der Waals surface area contributed by atoms with Crippen molar-refractivity contribution in [2.75, 3.05) is 0 Å². The molecule has 1 fully saturated rings. The first kappa shape index (κ1) is 15.3. The summed E-state index contributed by atoms with van der Waals surface area (Å²) in [4.78, 5) is 8.07. The number of para-hydroxylation sites is 1. The molecule has 1 aromatic carbocycles. The average molecular weight is 344 g/mol. The zero-order valence-electron chi connectivity index (χ0n) is 12.7. The Morgan fingerprint density at radius 2 is 1.79 bits per heavy atom. The van der Waals surface area contributed by atoms with Crippen LogP contribution in [-0.2, 0) is 5.75 Å². The summed E-state index contributed by atoms with van der Waals surface area (Å²) >= 11 is 1.23. The first-order valence-electron chi connectivity index (χ1n) is 7.65. The van der Waals surface area contributed by atoms with Crippen LogP contribution in [0.4, 0.5) is 8.78 Å². The summed E-state index contributed by atoms with van der Waals surface area (Å²) in [6.45, 7) is 0. The molecule has 3 aromatic rings. The molecule has 1 aliphatic rings. The van der Waals surface area contributed by atoms with E-state index in [4.69, 9.17) is 0 Å². The van der Waals surface area contributed by atoms with Gasteiger partial charge in [-0.3, -0.25) is 4.98 Å². The Morgan fingerprint density at radius 3 is 2.46 bits per heavy atom. The van der Waals surface area contributed by atoms with Crippen molar-refractivity contribution in [2.45, 2.75) is 29.7 Å². The summed E-state index contributed by atoms with van der Waals surface area (Å²) in [6, 6.07) is 9.78. The average Bonchev–Trinajstić information content (AvgIpc) is 3.35. The number of halogens is 2. The van der Waals surface area contributed by atoms with E-state index in [0.717, 1.165) is 36.7 Å². The lowest BCUT2D eigenvalue weighted by atomic mass is 10.3. The van der Waals surface area contributed by atoms with Gasteiger partial charge in [0.2, 0.25) is 5.16 Å². The standard InChI is InChI=1S/C17H14F2N4S/c18-14-8-20-9-15(19)13(14)10-24-17-21-16(11-6-7-11)23(22-17)12-4-2-1-3-5-12/h1-5,8-9,11H,6-7,10H2. The zero-order valence-corrected chi connectivity index (χ0v) is 13.5. The van der Waals surface area contributed by atoms with Gasteiger partial charge in [-0.1, -0.05) is 30.0 Å². The third-order valence-corrected chi connectivity index (χ3v) is 4.72. The van der Waals surface area contributed by atoms with E-state index < -0.39 is 11.6 Å². The predicted octanol–water partition coefficient (Wildman–Crippen LogP) is 4.11. The van der Waals surface area contributed by atoms with Gasteiger partial charge in [-0.05, 0) is 25.0 Å². The lowest BCUT2D eigenvalue weighted by Crippen LogP contribution is -2.01. The summed E-state index contributed by atoms with van der Waals surface area (Å²) < 4.78 is 29.2. The monoisotopic (exact) mass is 344 g/mol. The Balaban J connectivity index is 1.60. The molecule has 0 spiro atoms. The molecule has 0 amide bonds. The molecule has 122 valence electrons. The molecule has 0 saturated heterocycles. The van der Waals surface area contributed by atoms with Gasteiger partial charge < -0.3 is 0 Å². The molecule has 1 aliphatic carbocycles. The summed E-state index contributed by atoms with van der Waals surface area (Å²) in [5, 5.41) is 5.05. The molecule has 2 heterocycles. The maximum Gasteiger partial charge on any atom is 0.209 e. The number of benzene rings is 1. The van der Waals surface area contributed by atoms with Crippen LogP contribution in [0.1, 0.15) is 30.1 Å². The van der Waals surface area contributed by atoms with Crippen LogP contribution >= 0.6 is 11.8 Å². The number of aromatic nitrogens is 4. The van der Waals surface area contributed by atoms with Crippen molar-refractivity contribution in [3.05, 3.63) is 65.7 Å². The molecule has 0 N–H and O–H groups in total. The fourth-order valence-electron chi connectivity index (χ4n) is 2.44. The van der Waals surface area contributed by atoms with Crippen molar-refractivity contribution in [2.24, 2.45) is 0 Å². The van der Waals surface area contributed by atoms with Gasteiger partial charge in [0.15, 0.2) is 0 Å². The second kappa shape index (κ2) is 6.32. The summed E-state index contributed by atoms with van der Waals surface area (Å²) in [6.07, 6.45) is 4.24. The minimum absolute atomic E-state index is 0.000895. The van der Waals surface area contributed by atoms with Gasteiger partial charge in [-0.2, -0.15) is 0 Å². The largest absolute Gasteiger partial charge is 0.259 e. The molecule has 4 rings (SSSR count). The second-order valence-electron chi connectivity index (χ2n) is 5.64. The van der Waals surface area contributed by atoms with Crippen molar-refractivity contribution in [3.63, 3.8) is 0 Å². The SMILES string of the molecule is Fc1cncc(F)c1CSc1nc(C2CC2)n(-c2ccccc2)n1. The van der Waals surface area contributed by atoms with E-state index in [1.54, 1.807) is 0 Å². The Hall–Kier alpha value is -2.28. The van der Waals surface area contributed by atoms with Gasteiger partial charge in [0, 0.05) is 17.2 Å². The third kappa shape index (κ3) is 3.03. The van der Waals surface area contributed by atoms with Crippen LogP contribution in [0.25, 0.3) is 5.69 Å². The Morgan fingerprint density at radius 1 is 1.08 bits per heavy atom. The number of rotatable bonds is 5. The fraction of sp³-hybridized carbons (Fsp3) is 0.235. The first-order chi connectivity index (χ1) is 11.7. The van der Waals surface area contributed by atoms with E-state index in [1.807, 2.05) is 35.0 Å². The molecular formula is C17H14F2N4S. The van der Waals surface area contributed by atoms with Crippen LogP contribution in [0.15, 0.2) is 47.9 Å². The smallest absolute Gasteiger partial charge is 0.209 e. The van der Waals surface area contributed by atoms with Crippen molar-refractivity contribution in [3.8, 4) is 5.69 Å². The summed E-state index contributed by atoms with van der Waals surface area (Å²) in [5.41, 5.74) is 0.944. The van der Waals surface area contributed by atoms with E-state index in [2.05, 4.69) is 15.1 Å². The third-order valence-electron chi connectivity index (χ3n) is 3.85. The number of thioether (sulfide) groups is 1. The topological polar surface area (TPSA) is 43.6 Å². The highest BCUT2D eigenvalue weighted by Gasteiger charge is 2.30. The number of pyridine rings is 1. The van der Waals surface area contributed by atoms with E-state index in [9.17, 15) is 8.78 Å². The molecule has 2 aromatic heterocycles. The normalized spacial score (nSPS) is 14.1. The Bertz CT molecular complexity index is 842. The van der Waals surface area contributed by atoms with Crippen LogP contribution in [0.2, 0.25) is 0 Å². The van der Waals surface area contributed by atoms with Crippen LogP contribution in [0.3, 0.4) is 0 Å². The number of hydrogen-bond acceptors (Lipinski definition) is 4. The van der Waals surface area contributed by atoms with E-state index in [0.29, 0.717) is 11.1 Å². The highest BCUT2D eigenvalue weighted by Crippen LogP contribution is 2.40. The maximum absolute atomic E-state index is 13.7. The van der Waals surface area contributed by atoms with Crippen molar-refractivity contribution >= 4 is 11.8 Å². The fourth-order valence-corrected chi connectivity index (χ4v) is 3.29. The molecule has 24 heavy (non-hydrogen) atoms. The summed E-state index contributed by atoms with van der Waals surface area (Å²) in [7, 11) is 0. The number of hydrogen-bond donors (Lipinski definition) is 0. The van der Waals surface area contributed by atoms with E-state index >= 15 is 0 Å². The van der Waals surface area contributed by atoms with Crippen LogP contribution in [0, 0.1) is 11.6 Å². The molecule has 0 aliphatic heterocycles. The summed E-state index contributed by atoms with van der Waals surface area (Å²) in [5.74, 6) is 0.170.